The number of aryl methyl sites for hydroxylation is 2. The normalized spacial score (nSPS) is 10.9. The van der Waals surface area contributed by atoms with Crippen molar-refractivity contribution in [3.63, 3.8) is 0 Å². The van der Waals surface area contributed by atoms with E-state index in [1.54, 1.807) is 37.4 Å². The largest absolute Gasteiger partial charge is 0.388 e. The van der Waals surface area contributed by atoms with Gasteiger partial charge in [0, 0.05) is 21.1 Å². The summed E-state index contributed by atoms with van der Waals surface area (Å²) in [6, 6.07) is 8.38. The number of imidazole rings is 1. The lowest BCUT2D eigenvalue weighted by atomic mass is 10.2. The molecule has 118 valence electrons. The third kappa shape index (κ3) is 2.24. The van der Waals surface area contributed by atoms with Gasteiger partial charge < -0.3 is 4.74 Å². The number of fused-ring (bicyclic) bond motifs is 1. The van der Waals surface area contributed by atoms with Gasteiger partial charge in [0.2, 0.25) is 0 Å². The first-order valence-corrected chi connectivity index (χ1v) is 6.81. The predicted molar refractivity (Wildman–Crippen MR) is 82.6 cm³/mol. The lowest BCUT2D eigenvalue weighted by Gasteiger charge is -2.04. The summed E-state index contributed by atoms with van der Waals surface area (Å²) in [5.41, 5.74) is -0.287. The van der Waals surface area contributed by atoms with Crippen molar-refractivity contribution in [3.8, 4) is 6.01 Å². The van der Waals surface area contributed by atoms with Crippen LogP contribution in [-0.4, -0.2) is 24.7 Å². The number of benzene rings is 1. The zero-order chi connectivity index (χ0) is 16.7. The highest BCUT2D eigenvalue weighted by Crippen LogP contribution is 2.16. The van der Waals surface area contributed by atoms with E-state index in [1.165, 1.54) is 23.2 Å². The fraction of sp³-hybridized carbons (Fsp3) is 0.200. The number of carbonyl (C=O) groups is 1. The summed E-state index contributed by atoms with van der Waals surface area (Å²) in [6.07, 6.45) is 0. The van der Waals surface area contributed by atoms with Gasteiger partial charge in [-0.05, 0) is 12.1 Å². The van der Waals surface area contributed by atoms with Gasteiger partial charge in [-0.2, -0.15) is 4.98 Å². The Kier molecular flexibility index (Phi) is 3.36. The Morgan fingerprint density at radius 3 is 2.30 bits per heavy atom. The van der Waals surface area contributed by atoms with Crippen LogP contribution >= 0.6 is 0 Å². The monoisotopic (exact) mass is 314 g/mol. The Morgan fingerprint density at radius 1 is 1.00 bits per heavy atom. The molecule has 8 nitrogen and oxygen atoms in total. The van der Waals surface area contributed by atoms with Gasteiger partial charge in [-0.25, -0.2) is 9.59 Å². The molecule has 0 bridgehead atoms. The first-order valence-electron chi connectivity index (χ1n) is 6.81. The molecule has 0 saturated heterocycles. The van der Waals surface area contributed by atoms with Crippen LogP contribution in [-0.2, 0) is 21.1 Å². The molecule has 0 unspecified atom stereocenters. The van der Waals surface area contributed by atoms with Crippen LogP contribution in [0.4, 0.5) is 0 Å². The second-order valence-electron chi connectivity index (χ2n) is 5.09. The summed E-state index contributed by atoms with van der Waals surface area (Å²) in [5, 5.41) is 0. The molecule has 0 aliphatic heterocycles. The minimum Gasteiger partial charge on any atom is -0.388 e. The summed E-state index contributed by atoms with van der Waals surface area (Å²) < 4.78 is 8.83. The average molecular weight is 314 g/mol. The first-order chi connectivity index (χ1) is 10.9. The Labute approximate surface area is 130 Å². The molecule has 0 spiro atoms. The maximum Gasteiger partial charge on any atom is 0.345 e. The molecule has 0 aliphatic rings. The van der Waals surface area contributed by atoms with Crippen molar-refractivity contribution in [2.24, 2.45) is 21.1 Å². The van der Waals surface area contributed by atoms with Crippen molar-refractivity contribution in [2.75, 3.05) is 0 Å². The molecule has 0 N–H and O–H groups in total. The van der Waals surface area contributed by atoms with Gasteiger partial charge in [0.15, 0.2) is 11.2 Å². The molecule has 3 aromatic rings. The minimum absolute atomic E-state index is 0.0489. The standard InChI is InChI=1S/C15H14N4O4/c1-17-10-11(18(2)15(22)19(3)12(10)20)16-14(17)23-13(21)9-7-5-4-6-8-9/h4-8H,1-3H3. The Balaban J connectivity index is 2.14. The van der Waals surface area contributed by atoms with Crippen molar-refractivity contribution >= 4 is 17.1 Å². The fourth-order valence-corrected chi connectivity index (χ4v) is 2.31. The molecule has 0 atom stereocenters. The molecule has 1 aromatic carbocycles. The van der Waals surface area contributed by atoms with E-state index in [1.807, 2.05) is 0 Å². The SMILES string of the molecule is Cn1c(=O)c2c(nc(OC(=O)c3ccccc3)n2C)n(C)c1=O. The lowest BCUT2D eigenvalue weighted by molar-refractivity contribution is 0.0715. The van der Waals surface area contributed by atoms with Crippen LogP contribution in [0.25, 0.3) is 11.2 Å². The van der Waals surface area contributed by atoms with Crippen LogP contribution in [0.2, 0.25) is 0 Å². The molecule has 2 aromatic heterocycles. The molecule has 2 heterocycles. The number of nitrogens with zero attached hydrogens (tertiary/aromatic N) is 4. The summed E-state index contributed by atoms with van der Waals surface area (Å²) in [6.45, 7) is 0. The van der Waals surface area contributed by atoms with Gasteiger partial charge in [-0.3, -0.25) is 18.5 Å². The Bertz CT molecular complexity index is 1030. The van der Waals surface area contributed by atoms with Crippen LogP contribution < -0.4 is 16.0 Å². The molecule has 8 heteroatoms. The highest BCUT2D eigenvalue weighted by atomic mass is 16.5. The van der Waals surface area contributed by atoms with Gasteiger partial charge in [0.1, 0.15) is 0 Å². The number of aromatic nitrogens is 4. The molecular weight excluding hydrogens is 300 g/mol. The molecule has 0 fully saturated rings. The molecule has 0 saturated carbocycles. The van der Waals surface area contributed by atoms with Crippen LogP contribution in [0, 0.1) is 0 Å². The van der Waals surface area contributed by atoms with E-state index in [0.29, 0.717) is 5.56 Å². The second-order valence-corrected chi connectivity index (χ2v) is 5.09. The second kappa shape index (κ2) is 5.24. The van der Waals surface area contributed by atoms with E-state index in [4.69, 9.17) is 4.74 Å². The number of hydrogen-bond acceptors (Lipinski definition) is 5. The smallest absolute Gasteiger partial charge is 0.345 e. The van der Waals surface area contributed by atoms with Gasteiger partial charge in [0.25, 0.3) is 5.56 Å². The highest BCUT2D eigenvalue weighted by molar-refractivity contribution is 5.91. The van der Waals surface area contributed by atoms with Crippen LogP contribution in [0.15, 0.2) is 39.9 Å². The minimum atomic E-state index is -0.592. The summed E-state index contributed by atoms with van der Waals surface area (Å²) in [5.74, 6) is -0.592. The highest BCUT2D eigenvalue weighted by Gasteiger charge is 2.20. The van der Waals surface area contributed by atoms with Crippen molar-refractivity contribution in [1.82, 2.24) is 18.7 Å². The van der Waals surface area contributed by atoms with Gasteiger partial charge in [-0.1, -0.05) is 18.2 Å². The van der Waals surface area contributed by atoms with Crippen molar-refractivity contribution < 1.29 is 9.53 Å². The number of hydrogen-bond donors (Lipinski definition) is 0. The zero-order valence-electron chi connectivity index (χ0n) is 12.8. The van der Waals surface area contributed by atoms with Crippen LogP contribution in [0.1, 0.15) is 10.4 Å². The fourth-order valence-electron chi connectivity index (χ4n) is 2.31. The van der Waals surface area contributed by atoms with E-state index in [0.717, 1.165) is 4.57 Å². The lowest BCUT2D eigenvalue weighted by Crippen LogP contribution is -2.37. The Hall–Kier alpha value is -3.16. The van der Waals surface area contributed by atoms with Gasteiger partial charge in [-0.15, -0.1) is 0 Å². The van der Waals surface area contributed by atoms with E-state index >= 15 is 0 Å². The topological polar surface area (TPSA) is 88.1 Å². The molecule has 0 aliphatic carbocycles. The molecule has 3 rings (SSSR count). The average Bonchev–Trinajstić information content (AvgIpc) is 2.88. The van der Waals surface area contributed by atoms with Crippen molar-refractivity contribution in [2.45, 2.75) is 0 Å². The third-order valence-electron chi connectivity index (χ3n) is 3.63. The summed E-state index contributed by atoms with van der Waals surface area (Å²) in [7, 11) is 4.43. The Morgan fingerprint density at radius 2 is 1.65 bits per heavy atom. The quantitative estimate of drug-likeness (QED) is 0.630. The zero-order valence-corrected chi connectivity index (χ0v) is 12.8. The molecule has 0 radical (unpaired) electrons. The molecular formula is C15H14N4O4. The number of rotatable bonds is 2. The van der Waals surface area contributed by atoms with E-state index < -0.39 is 17.2 Å². The van der Waals surface area contributed by atoms with Crippen LogP contribution in [0.3, 0.4) is 0 Å². The third-order valence-corrected chi connectivity index (χ3v) is 3.63. The number of carbonyl (C=O) groups excluding carboxylic acids is 1. The van der Waals surface area contributed by atoms with Gasteiger partial charge in [0.05, 0.1) is 5.56 Å². The van der Waals surface area contributed by atoms with Crippen molar-refractivity contribution in [1.29, 1.82) is 0 Å². The van der Waals surface area contributed by atoms with Gasteiger partial charge >= 0.3 is 17.7 Å². The van der Waals surface area contributed by atoms with E-state index in [-0.39, 0.29) is 17.2 Å². The summed E-state index contributed by atoms with van der Waals surface area (Å²) in [4.78, 5) is 40.4. The number of ether oxygens (including phenoxy) is 1. The predicted octanol–water partition coefficient (Wildman–Crippen LogP) is 0.190. The summed E-state index contributed by atoms with van der Waals surface area (Å²) >= 11 is 0. The maximum absolute atomic E-state index is 12.2. The van der Waals surface area contributed by atoms with Crippen LogP contribution in [0.5, 0.6) is 6.01 Å². The molecule has 23 heavy (non-hydrogen) atoms. The van der Waals surface area contributed by atoms with E-state index in [9.17, 15) is 14.4 Å². The molecule has 0 amide bonds. The number of esters is 1. The van der Waals surface area contributed by atoms with Crippen molar-refractivity contribution in [3.05, 3.63) is 56.7 Å². The first kappa shape index (κ1) is 14.8. The van der Waals surface area contributed by atoms with E-state index in [2.05, 4.69) is 4.98 Å². The maximum atomic E-state index is 12.2.